The molecule has 1 saturated carbocycles. The first-order valence-electron chi connectivity index (χ1n) is 8.23. The fraction of sp³-hybridized carbons (Fsp3) is 0.368. The number of rotatable bonds is 6. The lowest BCUT2D eigenvalue weighted by Crippen LogP contribution is -2.36. The standard InChI is InChI=1S/C19H22ClNO3S/c1-3-24-12-19(21)17(14-5-4-6-15(20)11-14)18(19)25(22,23)16-9-7-13(2)8-10-16/h4-11,17-18H,3,12,21H2,1-2H3/t17-,18-,19+/m0/s1. The second kappa shape index (κ2) is 6.72. The number of hydrogen-bond acceptors (Lipinski definition) is 4. The average molecular weight is 380 g/mol. The molecule has 0 bridgehead atoms. The van der Waals surface area contributed by atoms with Gasteiger partial charge in [0.1, 0.15) is 0 Å². The number of sulfone groups is 1. The molecule has 0 aromatic heterocycles. The van der Waals surface area contributed by atoms with Crippen LogP contribution in [0.1, 0.15) is 24.0 Å². The van der Waals surface area contributed by atoms with Crippen molar-refractivity contribution >= 4 is 21.4 Å². The molecule has 1 fully saturated rings. The van der Waals surface area contributed by atoms with Crippen molar-refractivity contribution in [3.63, 3.8) is 0 Å². The van der Waals surface area contributed by atoms with E-state index in [1.165, 1.54) is 0 Å². The third kappa shape index (κ3) is 3.34. The molecule has 0 amide bonds. The van der Waals surface area contributed by atoms with E-state index in [0.717, 1.165) is 11.1 Å². The topological polar surface area (TPSA) is 69.4 Å². The number of benzene rings is 2. The first-order chi connectivity index (χ1) is 11.8. The number of hydrogen-bond donors (Lipinski definition) is 1. The fourth-order valence-corrected chi connectivity index (χ4v) is 5.89. The number of ether oxygens (including phenoxy) is 1. The second-order valence-corrected chi connectivity index (χ2v) is 9.07. The molecular weight excluding hydrogens is 358 g/mol. The van der Waals surface area contributed by atoms with Crippen LogP contribution in [0.4, 0.5) is 0 Å². The van der Waals surface area contributed by atoms with Crippen molar-refractivity contribution in [1.29, 1.82) is 0 Å². The van der Waals surface area contributed by atoms with Gasteiger partial charge in [-0.05, 0) is 43.7 Å². The largest absolute Gasteiger partial charge is 0.380 e. The van der Waals surface area contributed by atoms with Crippen molar-refractivity contribution in [1.82, 2.24) is 0 Å². The molecule has 2 N–H and O–H groups in total. The predicted octanol–water partition coefficient (Wildman–Crippen LogP) is 3.32. The van der Waals surface area contributed by atoms with Gasteiger partial charge in [-0.25, -0.2) is 8.42 Å². The zero-order chi connectivity index (χ0) is 18.2. The van der Waals surface area contributed by atoms with E-state index >= 15 is 0 Å². The molecule has 0 aliphatic heterocycles. The molecule has 4 nitrogen and oxygen atoms in total. The molecule has 3 rings (SSSR count). The van der Waals surface area contributed by atoms with Gasteiger partial charge in [-0.1, -0.05) is 41.4 Å². The van der Waals surface area contributed by atoms with Crippen LogP contribution >= 0.6 is 11.6 Å². The van der Waals surface area contributed by atoms with Crippen molar-refractivity contribution in [3.05, 3.63) is 64.7 Å². The quantitative estimate of drug-likeness (QED) is 0.835. The summed E-state index contributed by atoms with van der Waals surface area (Å²) in [7, 11) is -3.58. The molecule has 0 unspecified atom stereocenters. The molecule has 0 saturated heterocycles. The van der Waals surface area contributed by atoms with E-state index in [1.807, 2.05) is 26.0 Å². The van der Waals surface area contributed by atoms with E-state index in [1.54, 1.807) is 36.4 Å². The predicted molar refractivity (Wildman–Crippen MR) is 99.8 cm³/mol. The van der Waals surface area contributed by atoms with E-state index in [4.69, 9.17) is 22.1 Å². The number of aryl methyl sites for hydroxylation is 1. The molecule has 134 valence electrons. The van der Waals surface area contributed by atoms with Gasteiger partial charge in [-0.15, -0.1) is 0 Å². The highest BCUT2D eigenvalue weighted by molar-refractivity contribution is 7.92. The Bertz CT molecular complexity index is 866. The van der Waals surface area contributed by atoms with Crippen LogP contribution in [0, 0.1) is 6.92 Å². The summed E-state index contributed by atoms with van der Waals surface area (Å²) in [4.78, 5) is 0.291. The lowest BCUT2D eigenvalue weighted by molar-refractivity contribution is 0.125. The highest BCUT2D eigenvalue weighted by Gasteiger charge is 2.69. The van der Waals surface area contributed by atoms with Crippen LogP contribution in [0.5, 0.6) is 0 Å². The van der Waals surface area contributed by atoms with Crippen LogP contribution in [-0.4, -0.2) is 32.4 Å². The maximum Gasteiger partial charge on any atom is 0.183 e. The normalized spacial score (nSPS) is 25.8. The molecule has 2 aromatic carbocycles. The lowest BCUT2D eigenvalue weighted by atomic mass is 10.1. The fourth-order valence-electron chi connectivity index (χ4n) is 3.40. The van der Waals surface area contributed by atoms with Crippen LogP contribution in [0.15, 0.2) is 53.4 Å². The Labute approximate surface area is 153 Å². The maximum absolute atomic E-state index is 13.2. The molecule has 1 aliphatic carbocycles. The molecule has 0 radical (unpaired) electrons. The van der Waals surface area contributed by atoms with Gasteiger partial charge in [0.25, 0.3) is 0 Å². The molecule has 3 atom stereocenters. The Hall–Kier alpha value is -1.40. The SMILES string of the molecule is CCOC[C@@]1(N)[C@@H](c2cccc(Cl)c2)[C@@H]1S(=O)(=O)c1ccc(C)cc1. The molecule has 1 aliphatic rings. The Morgan fingerprint density at radius 3 is 2.48 bits per heavy atom. The van der Waals surface area contributed by atoms with Crippen LogP contribution < -0.4 is 5.73 Å². The van der Waals surface area contributed by atoms with Crippen molar-refractivity contribution in [3.8, 4) is 0 Å². The minimum Gasteiger partial charge on any atom is -0.380 e. The zero-order valence-corrected chi connectivity index (χ0v) is 15.8. The van der Waals surface area contributed by atoms with Gasteiger partial charge in [-0.2, -0.15) is 0 Å². The van der Waals surface area contributed by atoms with E-state index in [2.05, 4.69) is 0 Å². The molecule has 25 heavy (non-hydrogen) atoms. The monoisotopic (exact) mass is 379 g/mol. The van der Waals surface area contributed by atoms with Crippen LogP contribution in [0.2, 0.25) is 5.02 Å². The first kappa shape index (κ1) is 18.4. The molecular formula is C19H22ClNO3S. The van der Waals surface area contributed by atoms with Crippen molar-refractivity contribution < 1.29 is 13.2 Å². The van der Waals surface area contributed by atoms with Gasteiger partial charge >= 0.3 is 0 Å². The summed E-state index contributed by atoms with van der Waals surface area (Å²) in [6, 6.07) is 14.1. The third-order valence-corrected chi connectivity index (χ3v) is 7.29. The van der Waals surface area contributed by atoms with Crippen LogP contribution in [-0.2, 0) is 14.6 Å². The summed E-state index contributed by atoms with van der Waals surface area (Å²) in [6.45, 7) is 4.46. The van der Waals surface area contributed by atoms with Gasteiger partial charge in [-0.3, -0.25) is 0 Å². The van der Waals surface area contributed by atoms with Crippen LogP contribution in [0.3, 0.4) is 0 Å². The first-order valence-corrected chi connectivity index (χ1v) is 10.2. The smallest absolute Gasteiger partial charge is 0.183 e. The second-order valence-electron chi connectivity index (χ2n) is 6.56. The van der Waals surface area contributed by atoms with Gasteiger partial charge in [0, 0.05) is 17.5 Å². The average Bonchev–Trinajstić information content (AvgIpc) is 3.20. The van der Waals surface area contributed by atoms with Crippen molar-refractivity contribution in [2.45, 2.75) is 35.4 Å². The number of nitrogens with two attached hydrogens (primary N) is 1. The third-order valence-electron chi connectivity index (χ3n) is 4.75. The Morgan fingerprint density at radius 1 is 1.20 bits per heavy atom. The minimum absolute atomic E-state index is 0.191. The summed E-state index contributed by atoms with van der Waals surface area (Å²) in [6.07, 6.45) is 0. The number of halogens is 1. The molecule has 0 heterocycles. The summed E-state index contributed by atoms with van der Waals surface area (Å²) < 4.78 is 31.9. The Morgan fingerprint density at radius 2 is 1.88 bits per heavy atom. The summed E-state index contributed by atoms with van der Waals surface area (Å²) in [5.41, 5.74) is 7.39. The van der Waals surface area contributed by atoms with E-state index in [0.29, 0.717) is 16.5 Å². The van der Waals surface area contributed by atoms with Crippen molar-refractivity contribution in [2.24, 2.45) is 5.73 Å². The molecule has 2 aromatic rings. The zero-order valence-electron chi connectivity index (χ0n) is 14.3. The summed E-state index contributed by atoms with van der Waals surface area (Å²) in [5.74, 6) is -0.343. The van der Waals surface area contributed by atoms with Gasteiger partial charge in [0.15, 0.2) is 9.84 Å². The summed E-state index contributed by atoms with van der Waals surface area (Å²) in [5, 5.41) is -0.164. The van der Waals surface area contributed by atoms with Gasteiger partial charge in [0.05, 0.1) is 22.3 Å². The van der Waals surface area contributed by atoms with E-state index < -0.39 is 20.6 Å². The Kier molecular flexibility index (Phi) is 4.95. The summed E-state index contributed by atoms with van der Waals surface area (Å²) >= 11 is 6.09. The highest BCUT2D eigenvalue weighted by Crippen LogP contribution is 2.56. The molecule has 6 heteroatoms. The van der Waals surface area contributed by atoms with Gasteiger partial charge < -0.3 is 10.5 Å². The van der Waals surface area contributed by atoms with E-state index in [9.17, 15) is 8.42 Å². The van der Waals surface area contributed by atoms with Crippen LogP contribution in [0.25, 0.3) is 0 Å². The molecule has 0 spiro atoms. The maximum atomic E-state index is 13.2. The Balaban J connectivity index is 2.01. The van der Waals surface area contributed by atoms with Crippen molar-refractivity contribution in [2.75, 3.05) is 13.2 Å². The van der Waals surface area contributed by atoms with E-state index in [-0.39, 0.29) is 12.5 Å². The highest BCUT2D eigenvalue weighted by atomic mass is 35.5. The van der Waals surface area contributed by atoms with Gasteiger partial charge in [0.2, 0.25) is 0 Å². The lowest BCUT2D eigenvalue weighted by Gasteiger charge is -2.12. The minimum atomic E-state index is -3.58.